The molecule has 1 aromatic carbocycles. The van der Waals surface area contributed by atoms with Crippen LogP contribution in [0.15, 0.2) is 22.6 Å². The van der Waals surface area contributed by atoms with Gasteiger partial charge in [-0.15, -0.1) is 0 Å². The maximum Gasteiger partial charge on any atom is 0.144 e. The van der Waals surface area contributed by atoms with Crippen LogP contribution in [-0.4, -0.2) is 22.3 Å². The van der Waals surface area contributed by atoms with Crippen LogP contribution >= 0.6 is 0 Å². The highest BCUT2D eigenvalue weighted by Gasteiger charge is 2.18. The van der Waals surface area contributed by atoms with Crippen molar-refractivity contribution < 1.29 is 8.95 Å². The molecular formula is C13H19NO2S. The number of ether oxygens (including phenoxy) is 1. The summed E-state index contributed by atoms with van der Waals surface area (Å²) in [5, 5.41) is 0. The van der Waals surface area contributed by atoms with E-state index < -0.39 is 11.0 Å². The van der Waals surface area contributed by atoms with E-state index in [-0.39, 0.29) is 4.75 Å². The number of methoxy groups -OCH3 is 1. The summed E-state index contributed by atoms with van der Waals surface area (Å²) in [7, 11) is 0.421. The number of nitrogens with zero attached hydrogens (tertiary/aromatic N) is 1. The summed E-state index contributed by atoms with van der Waals surface area (Å²) in [6.07, 6.45) is 1.66. The minimum atomic E-state index is -1.22. The lowest BCUT2D eigenvalue weighted by Crippen LogP contribution is -2.19. The SMILES string of the molecule is COc1ccc(/C=N/[S@@](=O)C(C)(C)C)c(C)c1. The summed E-state index contributed by atoms with van der Waals surface area (Å²) in [6, 6.07) is 5.72. The first-order valence-electron chi connectivity index (χ1n) is 5.45. The van der Waals surface area contributed by atoms with Crippen molar-refractivity contribution in [1.29, 1.82) is 0 Å². The zero-order chi connectivity index (χ0) is 13.1. The van der Waals surface area contributed by atoms with Crippen molar-refractivity contribution >= 4 is 17.2 Å². The molecule has 3 nitrogen and oxygen atoms in total. The lowest BCUT2D eigenvalue weighted by atomic mass is 10.1. The Morgan fingerprint density at radius 3 is 2.47 bits per heavy atom. The molecule has 0 fully saturated rings. The second-order valence-corrected chi connectivity index (χ2v) is 6.75. The topological polar surface area (TPSA) is 38.7 Å². The van der Waals surface area contributed by atoms with E-state index in [1.54, 1.807) is 13.3 Å². The normalized spacial score (nSPS) is 13.9. The van der Waals surface area contributed by atoms with Crippen molar-refractivity contribution in [1.82, 2.24) is 0 Å². The van der Waals surface area contributed by atoms with E-state index in [4.69, 9.17) is 4.74 Å². The van der Waals surface area contributed by atoms with E-state index >= 15 is 0 Å². The molecule has 0 N–H and O–H groups in total. The van der Waals surface area contributed by atoms with Crippen molar-refractivity contribution in [3.8, 4) is 5.75 Å². The summed E-state index contributed by atoms with van der Waals surface area (Å²) >= 11 is 0. The van der Waals surface area contributed by atoms with E-state index in [2.05, 4.69) is 4.40 Å². The van der Waals surface area contributed by atoms with Crippen LogP contribution in [0.4, 0.5) is 0 Å². The largest absolute Gasteiger partial charge is 0.497 e. The number of hydrogen-bond donors (Lipinski definition) is 0. The van der Waals surface area contributed by atoms with Crippen molar-refractivity contribution in [3.63, 3.8) is 0 Å². The highest BCUT2D eigenvalue weighted by molar-refractivity contribution is 7.85. The van der Waals surface area contributed by atoms with Gasteiger partial charge in [0.25, 0.3) is 0 Å². The molecule has 0 saturated heterocycles. The van der Waals surface area contributed by atoms with E-state index in [1.807, 2.05) is 45.9 Å². The zero-order valence-electron chi connectivity index (χ0n) is 11.0. The first-order valence-corrected chi connectivity index (χ1v) is 6.56. The van der Waals surface area contributed by atoms with Crippen molar-refractivity contribution in [3.05, 3.63) is 29.3 Å². The molecule has 0 bridgehead atoms. The van der Waals surface area contributed by atoms with Gasteiger partial charge in [0.1, 0.15) is 16.7 Å². The number of aryl methyl sites for hydroxylation is 1. The highest BCUT2D eigenvalue weighted by atomic mass is 32.2. The fourth-order valence-corrected chi connectivity index (χ4v) is 1.71. The molecule has 0 aliphatic heterocycles. The van der Waals surface area contributed by atoms with Gasteiger partial charge in [-0.2, -0.15) is 4.40 Å². The monoisotopic (exact) mass is 253 g/mol. The molecule has 1 atom stereocenters. The van der Waals surface area contributed by atoms with Crippen LogP contribution in [0.2, 0.25) is 0 Å². The predicted octanol–water partition coefficient (Wildman–Crippen LogP) is 2.88. The van der Waals surface area contributed by atoms with E-state index in [0.29, 0.717) is 0 Å². The second kappa shape index (κ2) is 5.45. The number of benzene rings is 1. The number of hydrogen-bond acceptors (Lipinski definition) is 2. The third kappa shape index (κ3) is 3.97. The van der Waals surface area contributed by atoms with E-state index in [1.165, 1.54) is 0 Å². The molecule has 94 valence electrons. The van der Waals surface area contributed by atoms with Crippen molar-refractivity contribution in [2.75, 3.05) is 7.11 Å². The third-order valence-corrected chi connectivity index (χ3v) is 3.63. The Bertz CT molecular complexity index is 447. The van der Waals surface area contributed by atoms with Gasteiger partial charge in [-0.1, -0.05) is 0 Å². The zero-order valence-corrected chi connectivity index (χ0v) is 11.8. The van der Waals surface area contributed by atoms with Gasteiger partial charge in [0, 0.05) is 6.21 Å². The quantitative estimate of drug-likeness (QED) is 0.777. The average molecular weight is 253 g/mol. The predicted molar refractivity (Wildman–Crippen MR) is 73.2 cm³/mol. The van der Waals surface area contributed by atoms with Gasteiger partial charge in [-0.25, -0.2) is 4.21 Å². The molecule has 0 radical (unpaired) electrons. The fraction of sp³-hybridized carbons (Fsp3) is 0.462. The fourth-order valence-electron chi connectivity index (χ4n) is 1.18. The molecule has 0 aliphatic rings. The van der Waals surface area contributed by atoms with Crippen LogP contribution in [0.25, 0.3) is 0 Å². The summed E-state index contributed by atoms with van der Waals surface area (Å²) < 4.78 is 20.7. The molecule has 0 saturated carbocycles. The van der Waals surface area contributed by atoms with Gasteiger partial charge >= 0.3 is 0 Å². The van der Waals surface area contributed by atoms with E-state index in [0.717, 1.165) is 16.9 Å². The highest BCUT2D eigenvalue weighted by Crippen LogP contribution is 2.16. The molecule has 0 amide bonds. The summed E-state index contributed by atoms with van der Waals surface area (Å²) in [5.74, 6) is 0.816. The maximum atomic E-state index is 11.8. The molecule has 0 aromatic heterocycles. The first kappa shape index (κ1) is 13.9. The van der Waals surface area contributed by atoms with Crippen molar-refractivity contribution in [2.45, 2.75) is 32.4 Å². The third-order valence-electron chi connectivity index (χ3n) is 2.29. The molecule has 1 aromatic rings. The lowest BCUT2D eigenvalue weighted by Gasteiger charge is -2.12. The van der Waals surface area contributed by atoms with Gasteiger partial charge in [0.2, 0.25) is 0 Å². The van der Waals surface area contributed by atoms with Gasteiger partial charge < -0.3 is 4.74 Å². The molecule has 0 heterocycles. The van der Waals surface area contributed by atoms with Crippen LogP contribution in [0, 0.1) is 6.92 Å². The molecule has 17 heavy (non-hydrogen) atoms. The standard InChI is InChI=1S/C13H19NO2S/c1-10-8-12(16-5)7-6-11(10)9-14-17(15)13(2,3)4/h6-9H,1-5H3/b14-9+/t17-/m0/s1. The molecular weight excluding hydrogens is 234 g/mol. The summed E-state index contributed by atoms with van der Waals surface area (Å²) in [5.41, 5.74) is 2.02. The van der Waals surface area contributed by atoms with Crippen LogP contribution in [0.5, 0.6) is 5.75 Å². The Hall–Kier alpha value is -1.16. The van der Waals surface area contributed by atoms with Crippen LogP contribution in [-0.2, 0) is 11.0 Å². The molecule has 0 aliphatic carbocycles. The Balaban J connectivity index is 2.89. The minimum absolute atomic E-state index is 0.323. The minimum Gasteiger partial charge on any atom is -0.497 e. The molecule has 0 spiro atoms. The molecule has 1 rings (SSSR count). The van der Waals surface area contributed by atoms with Gasteiger partial charge in [-0.05, 0) is 57.0 Å². The Morgan fingerprint density at radius 1 is 1.35 bits per heavy atom. The molecule has 4 heteroatoms. The first-order chi connectivity index (χ1) is 7.84. The van der Waals surface area contributed by atoms with Gasteiger partial charge in [0.05, 0.1) is 11.9 Å². The van der Waals surface area contributed by atoms with Gasteiger partial charge in [0.15, 0.2) is 0 Å². The van der Waals surface area contributed by atoms with Gasteiger partial charge in [-0.3, -0.25) is 0 Å². The Kier molecular flexibility index (Phi) is 4.46. The van der Waals surface area contributed by atoms with E-state index in [9.17, 15) is 4.21 Å². The second-order valence-electron chi connectivity index (χ2n) is 4.82. The lowest BCUT2D eigenvalue weighted by molar-refractivity contribution is 0.414. The van der Waals surface area contributed by atoms with Crippen LogP contribution in [0.3, 0.4) is 0 Å². The summed E-state index contributed by atoms with van der Waals surface area (Å²) in [6.45, 7) is 7.69. The van der Waals surface area contributed by atoms with Crippen LogP contribution in [0.1, 0.15) is 31.9 Å². The molecule has 0 unspecified atom stereocenters. The van der Waals surface area contributed by atoms with Crippen molar-refractivity contribution in [2.24, 2.45) is 4.40 Å². The summed E-state index contributed by atoms with van der Waals surface area (Å²) in [4.78, 5) is 0. The Labute approximate surface area is 106 Å². The Morgan fingerprint density at radius 2 is 2.00 bits per heavy atom. The maximum absolute atomic E-state index is 11.8. The van der Waals surface area contributed by atoms with Crippen LogP contribution < -0.4 is 4.74 Å². The average Bonchev–Trinajstić information content (AvgIpc) is 2.25. The number of rotatable bonds is 3. The smallest absolute Gasteiger partial charge is 0.144 e.